The van der Waals surface area contributed by atoms with Crippen molar-refractivity contribution in [3.8, 4) is 0 Å². The highest BCUT2D eigenvalue weighted by atomic mass is 16.7. The van der Waals surface area contributed by atoms with Crippen molar-refractivity contribution in [3.63, 3.8) is 0 Å². The molecule has 1 aliphatic rings. The van der Waals surface area contributed by atoms with Gasteiger partial charge in [-0.25, -0.2) is 10.2 Å². The first-order valence-corrected chi connectivity index (χ1v) is 4.75. The molecule has 0 saturated carbocycles. The lowest BCUT2D eigenvalue weighted by Crippen LogP contribution is -2.14. The molecule has 1 aromatic rings. The van der Waals surface area contributed by atoms with Crippen LogP contribution in [0.15, 0.2) is 6.20 Å². The van der Waals surface area contributed by atoms with Crippen molar-refractivity contribution in [1.29, 1.82) is 0 Å². The van der Waals surface area contributed by atoms with Gasteiger partial charge in [0.2, 0.25) is 0 Å². The standard InChI is InChI=1S/C8H14N4O2/c1-2-8(13)7-4-12(11-10-7)6-3-9-14-5-6/h4,6,8-9,13H,2-3,5H2,1H3/t6-,8?/m1/s1. The molecule has 0 bridgehead atoms. The number of hydrogen-bond donors (Lipinski definition) is 2. The Labute approximate surface area is 81.8 Å². The van der Waals surface area contributed by atoms with Gasteiger partial charge < -0.3 is 5.11 Å². The number of aliphatic hydroxyl groups excluding tert-OH is 1. The minimum atomic E-state index is -0.515. The third-order valence-corrected chi connectivity index (χ3v) is 2.33. The van der Waals surface area contributed by atoms with Crippen molar-refractivity contribution in [2.75, 3.05) is 13.2 Å². The number of nitrogens with one attached hydrogen (secondary N) is 1. The molecule has 0 aliphatic carbocycles. The summed E-state index contributed by atoms with van der Waals surface area (Å²) in [6.07, 6.45) is 1.91. The van der Waals surface area contributed by atoms with Crippen LogP contribution in [0.3, 0.4) is 0 Å². The lowest BCUT2D eigenvalue weighted by atomic mass is 10.2. The molecule has 2 heterocycles. The third kappa shape index (κ3) is 1.77. The summed E-state index contributed by atoms with van der Waals surface area (Å²) in [5.74, 6) is 0. The van der Waals surface area contributed by atoms with Crippen molar-refractivity contribution in [2.45, 2.75) is 25.5 Å². The maximum absolute atomic E-state index is 9.52. The van der Waals surface area contributed by atoms with Gasteiger partial charge in [-0.2, -0.15) is 0 Å². The molecule has 1 aromatic heterocycles. The van der Waals surface area contributed by atoms with Crippen LogP contribution < -0.4 is 5.48 Å². The van der Waals surface area contributed by atoms with Crippen LogP contribution in [0.5, 0.6) is 0 Å². The Kier molecular flexibility index (Phi) is 2.76. The summed E-state index contributed by atoms with van der Waals surface area (Å²) in [6, 6.07) is 0.181. The van der Waals surface area contributed by atoms with Gasteiger partial charge in [0.25, 0.3) is 0 Å². The van der Waals surface area contributed by atoms with Crippen LogP contribution in [0.25, 0.3) is 0 Å². The fourth-order valence-electron chi connectivity index (χ4n) is 1.37. The minimum absolute atomic E-state index is 0.181. The largest absolute Gasteiger partial charge is 0.387 e. The third-order valence-electron chi connectivity index (χ3n) is 2.33. The van der Waals surface area contributed by atoms with E-state index in [0.29, 0.717) is 18.7 Å². The van der Waals surface area contributed by atoms with Crippen LogP contribution in [0.1, 0.15) is 31.2 Å². The quantitative estimate of drug-likeness (QED) is 0.703. The number of hydrogen-bond acceptors (Lipinski definition) is 5. The molecule has 2 rings (SSSR count). The molecule has 6 nitrogen and oxygen atoms in total. The Bertz CT molecular complexity index is 295. The number of aliphatic hydroxyl groups is 1. The predicted octanol–water partition coefficient (Wildman–Crippen LogP) is -0.203. The van der Waals surface area contributed by atoms with E-state index >= 15 is 0 Å². The van der Waals surface area contributed by atoms with E-state index in [2.05, 4.69) is 15.8 Å². The zero-order valence-corrected chi connectivity index (χ0v) is 8.05. The Morgan fingerprint density at radius 1 is 1.86 bits per heavy atom. The van der Waals surface area contributed by atoms with Crippen LogP contribution >= 0.6 is 0 Å². The summed E-state index contributed by atoms with van der Waals surface area (Å²) in [4.78, 5) is 5.01. The molecule has 1 saturated heterocycles. The molecule has 1 fully saturated rings. The van der Waals surface area contributed by atoms with Crippen LogP contribution in [0.2, 0.25) is 0 Å². The molecule has 0 aromatic carbocycles. The molecular formula is C8H14N4O2. The summed E-state index contributed by atoms with van der Waals surface area (Å²) < 4.78 is 1.73. The van der Waals surface area contributed by atoms with Crippen molar-refractivity contribution in [1.82, 2.24) is 20.5 Å². The molecule has 14 heavy (non-hydrogen) atoms. The number of nitrogens with zero attached hydrogens (tertiary/aromatic N) is 3. The van der Waals surface area contributed by atoms with Gasteiger partial charge in [0.15, 0.2) is 0 Å². The van der Waals surface area contributed by atoms with Gasteiger partial charge in [-0.15, -0.1) is 5.10 Å². The Morgan fingerprint density at radius 2 is 2.71 bits per heavy atom. The smallest absolute Gasteiger partial charge is 0.111 e. The van der Waals surface area contributed by atoms with E-state index in [-0.39, 0.29) is 6.04 Å². The van der Waals surface area contributed by atoms with Crippen molar-refractivity contribution < 1.29 is 9.94 Å². The van der Waals surface area contributed by atoms with E-state index < -0.39 is 6.10 Å². The van der Waals surface area contributed by atoms with Crippen molar-refractivity contribution in [3.05, 3.63) is 11.9 Å². The second-order valence-electron chi connectivity index (χ2n) is 3.36. The molecule has 78 valence electrons. The predicted molar refractivity (Wildman–Crippen MR) is 48.3 cm³/mol. The first-order valence-electron chi connectivity index (χ1n) is 4.75. The lowest BCUT2D eigenvalue weighted by Gasteiger charge is -2.04. The summed E-state index contributed by atoms with van der Waals surface area (Å²) in [5.41, 5.74) is 3.40. The number of rotatable bonds is 3. The summed E-state index contributed by atoms with van der Waals surface area (Å²) >= 11 is 0. The fraction of sp³-hybridized carbons (Fsp3) is 0.750. The van der Waals surface area contributed by atoms with E-state index in [0.717, 1.165) is 6.54 Å². The normalized spacial score (nSPS) is 24.0. The molecule has 1 unspecified atom stereocenters. The van der Waals surface area contributed by atoms with Crippen molar-refractivity contribution >= 4 is 0 Å². The van der Waals surface area contributed by atoms with E-state index in [1.807, 2.05) is 6.92 Å². The van der Waals surface area contributed by atoms with Gasteiger partial charge in [0, 0.05) is 6.54 Å². The average Bonchev–Trinajstić information content (AvgIpc) is 2.86. The summed E-state index contributed by atoms with van der Waals surface area (Å²) in [7, 11) is 0. The van der Waals surface area contributed by atoms with Crippen LogP contribution in [0, 0.1) is 0 Å². The van der Waals surface area contributed by atoms with Gasteiger partial charge in [0.05, 0.1) is 24.9 Å². The minimum Gasteiger partial charge on any atom is -0.387 e. The summed E-state index contributed by atoms with van der Waals surface area (Å²) in [6.45, 7) is 3.22. The topological polar surface area (TPSA) is 72.2 Å². The van der Waals surface area contributed by atoms with Gasteiger partial charge in [-0.05, 0) is 6.42 Å². The zero-order valence-electron chi connectivity index (χ0n) is 8.05. The fourth-order valence-corrected chi connectivity index (χ4v) is 1.37. The molecule has 2 N–H and O–H groups in total. The molecule has 6 heteroatoms. The molecule has 0 spiro atoms. The Hall–Kier alpha value is -0.980. The molecule has 0 amide bonds. The maximum atomic E-state index is 9.52. The highest BCUT2D eigenvalue weighted by molar-refractivity contribution is 4.98. The lowest BCUT2D eigenvalue weighted by molar-refractivity contribution is 0.0968. The highest BCUT2D eigenvalue weighted by Gasteiger charge is 2.20. The monoisotopic (exact) mass is 198 g/mol. The zero-order chi connectivity index (χ0) is 9.97. The number of hydroxylamine groups is 1. The second-order valence-corrected chi connectivity index (χ2v) is 3.36. The van der Waals surface area contributed by atoms with Crippen molar-refractivity contribution in [2.24, 2.45) is 0 Å². The molecular weight excluding hydrogens is 184 g/mol. The highest BCUT2D eigenvalue weighted by Crippen LogP contribution is 2.15. The van der Waals surface area contributed by atoms with Crippen LogP contribution in [-0.2, 0) is 4.84 Å². The molecule has 0 radical (unpaired) electrons. The van der Waals surface area contributed by atoms with Gasteiger partial charge >= 0.3 is 0 Å². The van der Waals surface area contributed by atoms with Gasteiger partial charge in [-0.1, -0.05) is 12.1 Å². The van der Waals surface area contributed by atoms with Crippen LogP contribution in [-0.4, -0.2) is 33.3 Å². The molecule has 2 atom stereocenters. The van der Waals surface area contributed by atoms with Gasteiger partial charge in [-0.3, -0.25) is 4.84 Å². The molecule has 1 aliphatic heterocycles. The Morgan fingerprint density at radius 3 is 3.36 bits per heavy atom. The first kappa shape index (κ1) is 9.57. The number of aromatic nitrogens is 3. The SMILES string of the molecule is CCC(O)c1cn([C@@H]2CNOC2)nn1. The van der Waals surface area contributed by atoms with E-state index in [9.17, 15) is 5.11 Å². The second kappa shape index (κ2) is 4.04. The van der Waals surface area contributed by atoms with Crippen LogP contribution in [0.4, 0.5) is 0 Å². The Balaban J connectivity index is 2.08. The maximum Gasteiger partial charge on any atom is 0.111 e. The average molecular weight is 198 g/mol. The first-order chi connectivity index (χ1) is 6.81. The van der Waals surface area contributed by atoms with E-state index in [4.69, 9.17) is 4.84 Å². The van der Waals surface area contributed by atoms with E-state index in [1.54, 1.807) is 10.9 Å². The van der Waals surface area contributed by atoms with Gasteiger partial charge in [0.1, 0.15) is 5.69 Å². The summed E-state index contributed by atoms with van der Waals surface area (Å²) in [5, 5.41) is 17.4. The van der Waals surface area contributed by atoms with E-state index in [1.165, 1.54) is 0 Å².